The van der Waals surface area contributed by atoms with Crippen LogP contribution in [0.25, 0.3) is 11.0 Å². The number of aliphatic hydroxyl groups excluding tert-OH is 1. The average Bonchev–Trinajstić information content (AvgIpc) is 3.51. The first kappa shape index (κ1) is 32.4. The highest BCUT2D eigenvalue weighted by atomic mass is 19.4. The number of nitrogens with two attached hydrogens (primary N) is 1. The molecule has 3 heterocycles. The first-order chi connectivity index (χ1) is 18.8. The van der Waals surface area contributed by atoms with E-state index in [1.54, 1.807) is 0 Å². The second-order valence-electron chi connectivity index (χ2n) is 8.39. The zero-order valence-corrected chi connectivity index (χ0v) is 22.2. The van der Waals surface area contributed by atoms with E-state index >= 15 is 0 Å². The second kappa shape index (κ2) is 13.5. The molecular formula is C25H30F5N5O5. The van der Waals surface area contributed by atoms with Crippen LogP contribution >= 0.6 is 0 Å². The third-order valence-electron chi connectivity index (χ3n) is 5.65. The Bertz CT molecular complexity index is 1330. The normalized spacial score (nSPS) is 18.3. The van der Waals surface area contributed by atoms with Crippen molar-refractivity contribution >= 4 is 28.7 Å². The number of ether oxygens (including phenoxy) is 2. The molecule has 0 saturated carbocycles. The van der Waals surface area contributed by atoms with E-state index in [9.17, 15) is 31.5 Å². The van der Waals surface area contributed by atoms with Crippen molar-refractivity contribution in [1.29, 1.82) is 0 Å². The Morgan fingerprint density at radius 2 is 1.95 bits per heavy atom. The predicted octanol–water partition coefficient (Wildman–Crippen LogP) is 4.55. The van der Waals surface area contributed by atoms with Gasteiger partial charge in [0.2, 0.25) is 11.7 Å². The first-order valence-electron chi connectivity index (χ1n) is 12.1. The molecule has 1 aliphatic rings. The number of anilines is 1. The Kier molecular flexibility index (Phi) is 10.9. The standard InChI is InChI=1S/C16H18F3N5O4.C7H6F2O.C2H6/c1-15(16(17,18)19)4-2-8(28-15)14-21-7-6-9(22-10(26)3-5-25)23-12(13(20)27)11(7)24-14;1-10-6-4-2-3-5(8)7(6)9;1-2/h6,8,25H,2-5H2,1H3,(H2,20,27)(H,21,24)(H,22,23,26);2-4H,1H3;1-2H3/t8?,15-;;/m1../s1. The van der Waals surface area contributed by atoms with Gasteiger partial charge in [-0.3, -0.25) is 9.59 Å². The van der Waals surface area contributed by atoms with Crippen molar-refractivity contribution in [2.24, 2.45) is 5.73 Å². The highest BCUT2D eigenvalue weighted by molar-refractivity contribution is 6.04. The molecule has 10 nitrogen and oxygen atoms in total. The van der Waals surface area contributed by atoms with Crippen LogP contribution in [0.3, 0.4) is 0 Å². The van der Waals surface area contributed by atoms with Gasteiger partial charge in [-0.2, -0.15) is 17.6 Å². The van der Waals surface area contributed by atoms with E-state index < -0.39 is 41.3 Å². The summed E-state index contributed by atoms with van der Waals surface area (Å²) < 4.78 is 74.0. The van der Waals surface area contributed by atoms with Crippen LogP contribution in [-0.2, 0) is 9.53 Å². The number of aromatic amines is 1. The number of benzene rings is 1. The number of H-pyrrole nitrogens is 1. The van der Waals surface area contributed by atoms with Crippen LogP contribution in [0, 0.1) is 11.6 Å². The number of aliphatic hydroxyl groups is 1. The number of halogens is 5. The first-order valence-corrected chi connectivity index (χ1v) is 12.1. The van der Waals surface area contributed by atoms with Crippen molar-refractivity contribution in [1.82, 2.24) is 15.0 Å². The summed E-state index contributed by atoms with van der Waals surface area (Å²) in [5.41, 5.74) is 3.09. The zero-order chi connectivity index (χ0) is 30.3. The Morgan fingerprint density at radius 3 is 2.48 bits per heavy atom. The Hall–Kier alpha value is -3.85. The number of carbonyl (C=O) groups is 2. The third kappa shape index (κ3) is 7.41. The number of alkyl halides is 3. The molecule has 220 valence electrons. The molecule has 2 aromatic heterocycles. The summed E-state index contributed by atoms with van der Waals surface area (Å²) in [6.45, 7) is 4.60. The predicted molar refractivity (Wildman–Crippen MR) is 135 cm³/mol. The van der Waals surface area contributed by atoms with Gasteiger partial charge in [-0.1, -0.05) is 19.9 Å². The molecule has 15 heteroatoms. The van der Waals surface area contributed by atoms with Gasteiger partial charge < -0.3 is 30.6 Å². The molecule has 0 bridgehead atoms. The maximum absolute atomic E-state index is 13.2. The highest BCUT2D eigenvalue weighted by Gasteiger charge is 2.57. The number of nitrogens with zero attached hydrogens (tertiary/aromatic N) is 2. The summed E-state index contributed by atoms with van der Waals surface area (Å²) in [6.07, 6.45) is -5.81. The average molecular weight is 576 g/mol. The molecule has 4 rings (SSSR count). The van der Waals surface area contributed by atoms with Gasteiger partial charge in [-0.25, -0.2) is 14.4 Å². The number of amides is 2. The van der Waals surface area contributed by atoms with Crippen molar-refractivity contribution < 1.29 is 46.1 Å². The molecule has 0 radical (unpaired) electrons. The number of hydrogen-bond acceptors (Lipinski definition) is 7. The summed E-state index contributed by atoms with van der Waals surface area (Å²) in [6, 6.07) is 5.15. The van der Waals surface area contributed by atoms with Crippen LogP contribution in [0.5, 0.6) is 5.75 Å². The largest absolute Gasteiger partial charge is 0.494 e. The van der Waals surface area contributed by atoms with E-state index in [4.69, 9.17) is 15.6 Å². The molecule has 5 N–H and O–H groups in total. The van der Waals surface area contributed by atoms with Crippen molar-refractivity contribution in [3.63, 3.8) is 0 Å². The van der Waals surface area contributed by atoms with E-state index in [2.05, 4.69) is 25.0 Å². The van der Waals surface area contributed by atoms with Crippen LogP contribution in [0.4, 0.5) is 27.8 Å². The second-order valence-corrected chi connectivity index (χ2v) is 8.39. The minimum atomic E-state index is -4.53. The molecule has 1 saturated heterocycles. The molecule has 1 unspecified atom stereocenters. The van der Waals surface area contributed by atoms with Gasteiger partial charge in [0.05, 0.1) is 25.7 Å². The number of carbonyl (C=O) groups excluding carboxylic acids is 2. The minimum Gasteiger partial charge on any atom is -0.494 e. The van der Waals surface area contributed by atoms with Gasteiger partial charge in [-0.05, 0) is 31.9 Å². The third-order valence-corrected chi connectivity index (χ3v) is 5.65. The molecule has 1 aliphatic heterocycles. The van der Waals surface area contributed by atoms with Crippen LogP contribution in [0.1, 0.15) is 62.5 Å². The van der Waals surface area contributed by atoms with Crippen molar-refractivity contribution in [2.75, 3.05) is 19.0 Å². The number of methoxy groups -OCH3 is 1. The number of aromatic nitrogens is 3. The van der Waals surface area contributed by atoms with E-state index in [-0.39, 0.29) is 60.0 Å². The van der Waals surface area contributed by atoms with Gasteiger partial charge in [0, 0.05) is 6.07 Å². The summed E-state index contributed by atoms with van der Waals surface area (Å²) >= 11 is 0. The van der Waals surface area contributed by atoms with Crippen molar-refractivity contribution in [3.8, 4) is 5.75 Å². The van der Waals surface area contributed by atoms with E-state index in [1.165, 1.54) is 25.3 Å². The topological polar surface area (TPSA) is 152 Å². The van der Waals surface area contributed by atoms with Crippen LogP contribution in [0.2, 0.25) is 0 Å². The summed E-state index contributed by atoms with van der Waals surface area (Å²) in [5, 5.41) is 11.2. The maximum Gasteiger partial charge on any atom is 0.417 e. The Balaban J connectivity index is 0.000000391. The number of pyridine rings is 1. The Morgan fingerprint density at radius 1 is 1.27 bits per heavy atom. The lowest BCUT2D eigenvalue weighted by Crippen LogP contribution is -2.41. The van der Waals surface area contributed by atoms with Gasteiger partial charge >= 0.3 is 6.18 Å². The molecule has 2 amide bonds. The fraction of sp³-hybridized carbons (Fsp3) is 0.440. The summed E-state index contributed by atoms with van der Waals surface area (Å²) in [7, 11) is 1.29. The SMILES string of the molecule is CC.COc1cccc(F)c1F.C[C@]1(C(F)(F)F)CCC(c2nc3c(C(N)=O)nc(NC(=O)CCO)cc3[nH]2)O1. The fourth-order valence-electron chi connectivity index (χ4n) is 3.61. The van der Waals surface area contributed by atoms with Gasteiger partial charge in [0.15, 0.2) is 22.9 Å². The van der Waals surface area contributed by atoms with Gasteiger partial charge in [0.1, 0.15) is 23.3 Å². The monoisotopic (exact) mass is 575 g/mol. The van der Waals surface area contributed by atoms with Gasteiger partial charge in [-0.15, -0.1) is 0 Å². The molecule has 2 atom stereocenters. The smallest absolute Gasteiger partial charge is 0.417 e. The van der Waals surface area contributed by atoms with Crippen LogP contribution < -0.4 is 15.8 Å². The molecular weight excluding hydrogens is 545 g/mol. The number of imidazole rings is 1. The lowest BCUT2D eigenvalue weighted by atomic mass is 10.0. The number of rotatable bonds is 6. The molecule has 0 spiro atoms. The van der Waals surface area contributed by atoms with Gasteiger partial charge in [0.25, 0.3) is 5.91 Å². The number of fused-ring (bicyclic) bond motifs is 1. The number of nitrogens with one attached hydrogen (secondary N) is 2. The molecule has 1 aromatic carbocycles. The zero-order valence-electron chi connectivity index (χ0n) is 22.2. The summed E-state index contributed by atoms with van der Waals surface area (Å²) in [5.74, 6) is -3.27. The lowest BCUT2D eigenvalue weighted by molar-refractivity contribution is -0.265. The van der Waals surface area contributed by atoms with E-state index in [0.717, 1.165) is 13.0 Å². The number of hydrogen-bond donors (Lipinski definition) is 4. The molecule has 1 fully saturated rings. The van der Waals surface area contributed by atoms with E-state index in [0.29, 0.717) is 0 Å². The van der Waals surface area contributed by atoms with Crippen molar-refractivity contribution in [2.45, 2.75) is 57.9 Å². The number of primary amides is 1. The highest BCUT2D eigenvalue weighted by Crippen LogP contribution is 2.47. The Labute approximate surface area is 226 Å². The minimum absolute atomic E-state index is 0.0116. The van der Waals surface area contributed by atoms with Crippen LogP contribution in [-0.4, -0.2) is 57.4 Å². The maximum atomic E-state index is 13.2. The lowest BCUT2D eigenvalue weighted by Gasteiger charge is -2.27. The molecule has 40 heavy (non-hydrogen) atoms. The van der Waals surface area contributed by atoms with E-state index in [1.807, 2.05) is 13.8 Å². The van der Waals surface area contributed by atoms with Crippen molar-refractivity contribution in [3.05, 3.63) is 47.4 Å². The molecule has 0 aliphatic carbocycles. The van der Waals surface area contributed by atoms with Crippen LogP contribution in [0.15, 0.2) is 24.3 Å². The summed E-state index contributed by atoms with van der Waals surface area (Å²) in [4.78, 5) is 34.3. The fourth-order valence-corrected chi connectivity index (χ4v) is 3.61. The quantitative estimate of drug-likeness (QED) is 0.315. The molecule has 3 aromatic rings.